The number of nitrogens with two attached hydrogens (primary N) is 3. The summed E-state index contributed by atoms with van der Waals surface area (Å²) in [7, 11) is 0. The van der Waals surface area contributed by atoms with Gasteiger partial charge in [-0.3, -0.25) is 9.59 Å². The Morgan fingerprint density at radius 3 is 2.37 bits per heavy atom. The van der Waals surface area contributed by atoms with Crippen molar-refractivity contribution in [3.8, 4) is 0 Å². The molecule has 0 aliphatic heterocycles. The third kappa shape index (κ3) is 7.68. The van der Waals surface area contributed by atoms with Gasteiger partial charge in [0.15, 0.2) is 5.03 Å². The summed E-state index contributed by atoms with van der Waals surface area (Å²) in [5.74, 6) is -1.51. The number of amides is 4. The molecule has 0 spiro atoms. The highest BCUT2D eigenvalue weighted by molar-refractivity contribution is 6.00. The second-order valence-electron chi connectivity index (χ2n) is 8.43. The van der Waals surface area contributed by atoms with E-state index in [0.717, 1.165) is 22.0 Å². The number of aliphatic imine (C=N–C) groups is 1. The molecule has 0 saturated carbocycles. The van der Waals surface area contributed by atoms with Crippen LogP contribution in [-0.2, 0) is 17.9 Å². The highest BCUT2D eigenvalue weighted by Crippen LogP contribution is 2.21. The number of urea groups is 1. The van der Waals surface area contributed by atoms with E-state index in [2.05, 4.69) is 15.3 Å². The number of nitrogens with one attached hydrogen (secondary N) is 3. The van der Waals surface area contributed by atoms with Gasteiger partial charge in [-0.25, -0.2) is 19.9 Å². The van der Waals surface area contributed by atoms with E-state index in [1.54, 1.807) is 35.8 Å². The fraction of sp³-hybridized carbons (Fsp3) is 0.250. The SMILES string of the molecule is NC(=O)NCc1ccc(CN(C(=O)c2cc3ccccc3[nH]2)[C@H](CCCN=C(N)N[N+](=O)[O-])C(N)=O)cc1. The van der Waals surface area contributed by atoms with Crippen LogP contribution in [0.3, 0.4) is 0 Å². The lowest BCUT2D eigenvalue weighted by Gasteiger charge is -2.29. The lowest BCUT2D eigenvalue weighted by molar-refractivity contribution is -0.525. The molecular formula is C24H29N9O5. The van der Waals surface area contributed by atoms with Crippen LogP contribution in [0.5, 0.6) is 0 Å². The number of rotatable bonds is 12. The van der Waals surface area contributed by atoms with E-state index < -0.39 is 28.9 Å². The first-order valence-corrected chi connectivity index (χ1v) is 11.6. The van der Waals surface area contributed by atoms with Crippen LogP contribution in [-0.4, -0.2) is 51.3 Å². The lowest BCUT2D eigenvalue weighted by atomic mass is 10.1. The zero-order chi connectivity index (χ0) is 27.7. The normalized spacial score (nSPS) is 12.1. The summed E-state index contributed by atoms with van der Waals surface area (Å²) in [6.07, 6.45) is 0.430. The zero-order valence-electron chi connectivity index (χ0n) is 20.4. The van der Waals surface area contributed by atoms with Crippen molar-refractivity contribution in [3.63, 3.8) is 0 Å². The largest absolute Gasteiger partial charge is 0.368 e. The summed E-state index contributed by atoms with van der Waals surface area (Å²) in [4.78, 5) is 55.9. The Labute approximate surface area is 217 Å². The van der Waals surface area contributed by atoms with Crippen LogP contribution in [0.15, 0.2) is 59.6 Å². The Bertz CT molecular complexity index is 1300. The van der Waals surface area contributed by atoms with Crippen molar-refractivity contribution in [2.75, 3.05) is 6.54 Å². The Morgan fingerprint density at radius 1 is 1.05 bits per heavy atom. The molecule has 3 aromatic rings. The fourth-order valence-electron chi connectivity index (χ4n) is 3.88. The number of fused-ring (bicyclic) bond motifs is 1. The molecule has 0 aliphatic carbocycles. The third-order valence-corrected chi connectivity index (χ3v) is 5.69. The molecule has 0 aliphatic rings. The van der Waals surface area contributed by atoms with Gasteiger partial charge in [-0.05, 0) is 36.1 Å². The molecule has 4 amide bonds. The number of aromatic nitrogens is 1. The van der Waals surface area contributed by atoms with Crippen LogP contribution in [0, 0.1) is 10.1 Å². The average molecular weight is 524 g/mol. The number of hydrogen-bond acceptors (Lipinski definition) is 6. The number of H-pyrrole nitrogens is 1. The maximum Gasteiger partial charge on any atom is 0.312 e. The molecule has 200 valence electrons. The van der Waals surface area contributed by atoms with E-state index in [1.165, 1.54) is 4.90 Å². The number of para-hydroxylation sites is 1. The molecule has 0 saturated heterocycles. The number of aromatic amines is 1. The van der Waals surface area contributed by atoms with E-state index in [0.29, 0.717) is 0 Å². The maximum atomic E-state index is 13.7. The van der Waals surface area contributed by atoms with E-state index in [1.807, 2.05) is 24.3 Å². The number of nitro groups is 1. The van der Waals surface area contributed by atoms with E-state index in [4.69, 9.17) is 17.2 Å². The minimum absolute atomic E-state index is 0.0691. The van der Waals surface area contributed by atoms with Gasteiger partial charge in [0.1, 0.15) is 11.7 Å². The minimum atomic E-state index is -0.995. The van der Waals surface area contributed by atoms with Gasteiger partial charge in [0.05, 0.1) is 0 Å². The number of hydrazine groups is 1. The van der Waals surface area contributed by atoms with Crippen molar-refractivity contribution in [1.29, 1.82) is 0 Å². The van der Waals surface area contributed by atoms with Gasteiger partial charge >= 0.3 is 6.03 Å². The van der Waals surface area contributed by atoms with Gasteiger partial charge < -0.3 is 32.4 Å². The predicted molar refractivity (Wildman–Crippen MR) is 140 cm³/mol. The van der Waals surface area contributed by atoms with Crippen LogP contribution in [0.1, 0.15) is 34.5 Å². The number of guanidine groups is 1. The third-order valence-electron chi connectivity index (χ3n) is 5.69. The lowest BCUT2D eigenvalue weighted by Crippen LogP contribution is -2.47. The zero-order valence-corrected chi connectivity index (χ0v) is 20.4. The van der Waals surface area contributed by atoms with Gasteiger partial charge in [-0.2, -0.15) is 0 Å². The van der Waals surface area contributed by atoms with Gasteiger partial charge in [0.2, 0.25) is 5.91 Å². The molecule has 1 atom stereocenters. The Hall–Kier alpha value is -5.14. The number of benzene rings is 2. The highest BCUT2D eigenvalue weighted by Gasteiger charge is 2.30. The maximum absolute atomic E-state index is 13.7. The molecule has 1 aromatic heterocycles. The summed E-state index contributed by atoms with van der Waals surface area (Å²) < 4.78 is 0. The molecule has 14 heteroatoms. The molecule has 9 N–H and O–H groups in total. The second kappa shape index (κ2) is 12.7. The number of primary amides is 2. The van der Waals surface area contributed by atoms with Gasteiger partial charge in [-0.15, -0.1) is 0 Å². The van der Waals surface area contributed by atoms with Gasteiger partial charge in [0.25, 0.3) is 11.9 Å². The number of nitrogens with zero attached hydrogens (tertiary/aromatic N) is 3. The standard InChI is InChI=1S/C24H29N9O5/c25-21(34)20(6-3-11-28-23(26)31-33(37)38)32(14-16-9-7-15(8-10-16)13-29-24(27)36)22(35)19-12-17-4-1-2-5-18(17)30-19/h1-2,4-5,7-10,12,20,30H,3,6,11,13-14H2,(H2,25,34)(H3,26,28,31)(H3,27,29,36)/t20-/m1/s1. The minimum Gasteiger partial charge on any atom is -0.368 e. The van der Waals surface area contributed by atoms with Crippen LogP contribution in [0.2, 0.25) is 0 Å². The van der Waals surface area contributed by atoms with Crippen LogP contribution in [0.4, 0.5) is 4.79 Å². The summed E-state index contributed by atoms with van der Waals surface area (Å²) in [6.45, 7) is 0.387. The molecule has 2 aromatic carbocycles. The van der Waals surface area contributed by atoms with Gasteiger partial charge in [0, 0.05) is 30.5 Å². The first kappa shape index (κ1) is 27.4. The van der Waals surface area contributed by atoms with E-state index in [9.17, 15) is 24.5 Å². The predicted octanol–water partition coefficient (Wildman–Crippen LogP) is 0.709. The van der Waals surface area contributed by atoms with Crippen LogP contribution >= 0.6 is 0 Å². The number of hydrogen-bond donors (Lipinski definition) is 6. The first-order valence-electron chi connectivity index (χ1n) is 11.6. The molecule has 3 rings (SSSR count). The van der Waals surface area contributed by atoms with Crippen LogP contribution < -0.4 is 27.9 Å². The molecule has 0 radical (unpaired) electrons. The molecule has 0 unspecified atom stereocenters. The fourth-order valence-corrected chi connectivity index (χ4v) is 3.88. The molecular weight excluding hydrogens is 494 g/mol. The Kier molecular flexibility index (Phi) is 9.18. The Balaban J connectivity index is 1.84. The Morgan fingerprint density at radius 2 is 1.74 bits per heavy atom. The van der Waals surface area contributed by atoms with Gasteiger partial charge in [-0.1, -0.05) is 47.9 Å². The van der Waals surface area contributed by atoms with Crippen molar-refractivity contribution >= 4 is 34.7 Å². The van der Waals surface area contributed by atoms with Crippen molar-refractivity contribution in [3.05, 3.63) is 81.5 Å². The molecule has 14 nitrogen and oxygen atoms in total. The second-order valence-corrected chi connectivity index (χ2v) is 8.43. The molecule has 0 fully saturated rings. The van der Waals surface area contributed by atoms with Crippen molar-refractivity contribution in [2.24, 2.45) is 22.2 Å². The van der Waals surface area contributed by atoms with Crippen molar-refractivity contribution in [1.82, 2.24) is 20.6 Å². The average Bonchev–Trinajstić information content (AvgIpc) is 3.30. The smallest absolute Gasteiger partial charge is 0.312 e. The molecule has 1 heterocycles. The van der Waals surface area contributed by atoms with Crippen LogP contribution in [0.25, 0.3) is 10.9 Å². The van der Waals surface area contributed by atoms with Crippen molar-refractivity contribution in [2.45, 2.75) is 32.0 Å². The molecule has 38 heavy (non-hydrogen) atoms. The highest BCUT2D eigenvalue weighted by atomic mass is 16.7. The van der Waals surface area contributed by atoms with E-state index >= 15 is 0 Å². The molecule has 0 bridgehead atoms. The topological polar surface area (TPSA) is 228 Å². The van der Waals surface area contributed by atoms with E-state index in [-0.39, 0.29) is 44.1 Å². The number of carbonyl (C=O) groups excluding carboxylic acids is 3. The number of carbonyl (C=O) groups is 3. The summed E-state index contributed by atoms with van der Waals surface area (Å²) in [6, 6.07) is 14.5. The summed E-state index contributed by atoms with van der Waals surface area (Å²) >= 11 is 0. The van der Waals surface area contributed by atoms with Crippen molar-refractivity contribution < 1.29 is 19.4 Å². The summed E-state index contributed by atoms with van der Waals surface area (Å²) in [5, 5.41) is 13.0. The first-order chi connectivity index (χ1) is 18.1. The quantitative estimate of drug-likeness (QED) is 0.0654. The monoisotopic (exact) mass is 523 g/mol. The summed E-state index contributed by atoms with van der Waals surface area (Å²) in [5.41, 5.74) is 20.6.